The van der Waals surface area contributed by atoms with Crippen molar-refractivity contribution in [1.29, 1.82) is 0 Å². The second-order valence-corrected chi connectivity index (χ2v) is 7.79. The molecule has 0 heterocycles. The number of hydrogen-bond donors (Lipinski definition) is 1. The van der Waals surface area contributed by atoms with Gasteiger partial charge in [-0.05, 0) is 53.8 Å². The topological polar surface area (TPSA) is 12.0 Å². The van der Waals surface area contributed by atoms with Crippen molar-refractivity contribution in [3.05, 3.63) is 83.4 Å². The molecule has 4 heteroatoms. The molecule has 0 saturated carbocycles. The number of hydrogen-bond acceptors (Lipinski definition) is 1. The Hall–Kier alpha value is -2.33. The first-order chi connectivity index (χ1) is 14.9. The molecule has 3 aromatic carbocycles. The van der Waals surface area contributed by atoms with Gasteiger partial charge in [-0.15, -0.1) is 0 Å². The maximum absolute atomic E-state index is 12.8. The molecule has 1 atom stereocenters. The fourth-order valence-corrected chi connectivity index (χ4v) is 3.50. The fraction of sp³-hybridized carbons (Fsp3) is 0.407. The van der Waals surface area contributed by atoms with E-state index in [2.05, 4.69) is 56.4 Å². The average Bonchev–Trinajstić information content (AvgIpc) is 2.79. The van der Waals surface area contributed by atoms with E-state index in [0.717, 1.165) is 31.0 Å². The number of nitrogens with one attached hydrogen (secondary N) is 1. The predicted octanol–water partition coefficient (Wildman–Crippen LogP) is 8.34. The molecular weight excluding hydrogens is 395 g/mol. The molecule has 3 rings (SSSR count). The largest absolute Gasteiger partial charge is 0.416 e. The third-order valence-electron chi connectivity index (χ3n) is 5.39. The van der Waals surface area contributed by atoms with Crippen molar-refractivity contribution in [2.75, 3.05) is 6.54 Å². The third-order valence-corrected chi connectivity index (χ3v) is 5.39. The van der Waals surface area contributed by atoms with Crippen molar-refractivity contribution in [3.63, 3.8) is 0 Å². The van der Waals surface area contributed by atoms with E-state index in [1.54, 1.807) is 6.07 Å². The Balaban J connectivity index is 0.000000785. The van der Waals surface area contributed by atoms with E-state index in [9.17, 15) is 13.2 Å². The molecule has 0 fully saturated rings. The highest BCUT2D eigenvalue weighted by Crippen LogP contribution is 2.30. The molecule has 0 unspecified atom stereocenters. The molecule has 0 radical (unpaired) electrons. The first kappa shape index (κ1) is 24.9. The van der Waals surface area contributed by atoms with Gasteiger partial charge in [-0.2, -0.15) is 13.2 Å². The van der Waals surface area contributed by atoms with E-state index in [1.165, 1.54) is 41.3 Å². The summed E-state index contributed by atoms with van der Waals surface area (Å²) in [5, 5.41) is 6.04. The molecular formula is C27H34F3N. The van der Waals surface area contributed by atoms with Crippen LogP contribution in [0.1, 0.15) is 69.2 Å². The molecule has 0 aliphatic carbocycles. The van der Waals surface area contributed by atoms with Gasteiger partial charge < -0.3 is 5.32 Å². The van der Waals surface area contributed by atoms with E-state index in [-0.39, 0.29) is 6.04 Å². The SMILES string of the molecule is CCCC.CC[C@@H](NCCCc1cccc(C(F)(F)F)c1)c1cccc2ccccc12. The maximum Gasteiger partial charge on any atom is 0.416 e. The van der Waals surface area contributed by atoms with Crippen molar-refractivity contribution in [1.82, 2.24) is 5.32 Å². The highest BCUT2D eigenvalue weighted by atomic mass is 19.4. The maximum atomic E-state index is 12.8. The predicted molar refractivity (Wildman–Crippen MR) is 125 cm³/mol. The second kappa shape index (κ2) is 12.5. The summed E-state index contributed by atoms with van der Waals surface area (Å²) < 4.78 is 38.4. The van der Waals surface area contributed by atoms with Gasteiger partial charge >= 0.3 is 6.18 Å². The molecule has 3 aromatic rings. The van der Waals surface area contributed by atoms with Gasteiger partial charge in [0, 0.05) is 6.04 Å². The van der Waals surface area contributed by atoms with E-state index in [0.29, 0.717) is 6.42 Å². The van der Waals surface area contributed by atoms with Gasteiger partial charge in [0.05, 0.1) is 5.56 Å². The number of benzene rings is 3. The lowest BCUT2D eigenvalue weighted by atomic mass is 9.97. The number of rotatable bonds is 8. The fourth-order valence-electron chi connectivity index (χ4n) is 3.50. The zero-order valence-electron chi connectivity index (χ0n) is 18.8. The van der Waals surface area contributed by atoms with Gasteiger partial charge in [0.2, 0.25) is 0 Å². The van der Waals surface area contributed by atoms with Crippen molar-refractivity contribution >= 4 is 10.8 Å². The van der Waals surface area contributed by atoms with Crippen LogP contribution >= 0.6 is 0 Å². The van der Waals surface area contributed by atoms with Crippen LogP contribution in [0.5, 0.6) is 0 Å². The third kappa shape index (κ3) is 7.70. The summed E-state index contributed by atoms with van der Waals surface area (Å²) in [7, 11) is 0. The van der Waals surface area contributed by atoms with Crippen LogP contribution in [0.15, 0.2) is 66.7 Å². The Kier molecular flexibility index (Phi) is 10.1. The second-order valence-electron chi connectivity index (χ2n) is 7.79. The summed E-state index contributed by atoms with van der Waals surface area (Å²) in [5.41, 5.74) is 1.43. The average molecular weight is 430 g/mol. The molecule has 1 nitrogen and oxygen atoms in total. The molecule has 0 bridgehead atoms. The van der Waals surface area contributed by atoms with Crippen LogP contribution in [-0.2, 0) is 12.6 Å². The molecule has 0 aliphatic rings. The Labute approximate surface area is 184 Å². The minimum absolute atomic E-state index is 0.234. The van der Waals surface area contributed by atoms with Gasteiger partial charge in [0.15, 0.2) is 0 Å². The summed E-state index contributed by atoms with van der Waals surface area (Å²) in [6.45, 7) is 7.27. The quantitative estimate of drug-likeness (QED) is 0.355. The van der Waals surface area contributed by atoms with E-state index in [4.69, 9.17) is 0 Å². The van der Waals surface area contributed by atoms with Crippen molar-refractivity contribution in [2.45, 2.75) is 65.1 Å². The van der Waals surface area contributed by atoms with Crippen molar-refractivity contribution in [2.24, 2.45) is 0 Å². The number of halogens is 3. The monoisotopic (exact) mass is 429 g/mol. The summed E-state index contributed by atoms with van der Waals surface area (Å²) >= 11 is 0. The smallest absolute Gasteiger partial charge is 0.310 e. The first-order valence-electron chi connectivity index (χ1n) is 11.3. The lowest BCUT2D eigenvalue weighted by molar-refractivity contribution is -0.137. The number of aryl methyl sites for hydroxylation is 1. The Morgan fingerprint density at radius 1 is 0.839 bits per heavy atom. The Morgan fingerprint density at radius 3 is 2.19 bits per heavy atom. The standard InChI is InChI=1S/C23H24F3N.C4H10/c1-2-22(21-14-6-11-18-10-3-4-13-20(18)21)27-15-7-9-17-8-5-12-19(16-17)23(24,25)26;1-3-4-2/h3-6,8,10-14,16,22,27H,2,7,9,15H2,1H3;3-4H2,1-2H3/t22-;/m1./s1. The zero-order valence-corrected chi connectivity index (χ0v) is 18.8. The van der Waals surface area contributed by atoms with Gasteiger partial charge in [-0.25, -0.2) is 0 Å². The first-order valence-corrected chi connectivity index (χ1v) is 11.3. The summed E-state index contributed by atoms with van der Waals surface area (Å²) in [4.78, 5) is 0. The molecule has 0 aliphatic heterocycles. The lowest BCUT2D eigenvalue weighted by Crippen LogP contribution is -2.22. The van der Waals surface area contributed by atoms with Crippen molar-refractivity contribution in [3.8, 4) is 0 Å². The van der Waals surface area contributed by atoms with Crippen LogP contribution in [0, 0.1) is 0 Å². The molecule has 0 aromatic heterocycles. The highest BCUT2D eigenvalue weighted by Gasteiger charge is 2.30. The van der Waals surface area contributed by atoms with Crippen LogP contribution in [0.4, 0.5) is 13.2 Å². The summed E-state index contributed by atoms with van der Waals surface area (Å²) in [6.07, 6.45) is 0.735. The molecule has 1 N–H and O–H groups in total. The van der Waals surface area contributed by atoms with Crippen LogP contribution in [0.3, 0.4) is 0 Å². The minimum atomic E-state index is -4.28. The normalized spacial score (nSPS) is 12.3. The summed E-state index contributed by atoms with van der Waals surface area (Å²) in [5.74, 6) is 0. The van der Waals surface area contributed by atoms with Crippen LogP contribution in [0.2, 0.25) is 0 Å². The van der Waals surface area contributed by atoms with Crippen LogP contribution in [0.25, 0.3) is 10.8 Å². The molecule has 0 spiro atoms. The number of unbranched alkanes of at least 4 members (excludes halogenated alkanes) is 1. The van der Waals surface area contributed by atoms with Crippen LogP contribution in [-0.4, -0.2) is 6.54 Å². The van der Waals surface area contributed by atoms with Gasteiger partial charge in [0.25, 0.3) is 0 Å². The van der Waals surface area contributed by atoms with Crippen molar-refractivity contribution < 1.29 is 13.2 Å². The summed E-state index contributed by atoms with van der Waals surface area (Å²) in [6, 6.07) is 20.5. The highest BCUT2D eigenvalue weighted by molar-refractivity contribution is 5.86. The van der Waals surface area contributed by atoms with E-state index >= 15 is 0 Å². The van der Waals surface area contributed by atoms with E-state index < -0.39 is 11.7 Å². The molecule has 0 saturated heterocycles. The Morgan fingerprint density at radius 2 is 1.52 bits per heavy atom. The molecule has 0 amide bonds. The molecule has 31 heavy (non-hydrogen) atoms. The van der Waals surface area contributed by atoms with Gasteiger partial charge in [-0.3, -0.25) is 0 Å². The van der Waals surface area contributed by atoms with Gasteiger partial charge in [-0.1, -0.05) is 94.3 Å². The zero-order chi connectivity index (χ0) is 22.7. The number of alkyl halides is 3. The molecule has 168 valence electrons. The van der Waals surface area contributed by atoms with Gasteiger partial charge in [0.1, 0.15) is 0 Å². The number of fused-ring (bicyclic) bond motifs is 1. The van der Waals surface area contributed by atoms with E-state index in [1.807, 2.05) is 12.1 Å². The van der Waals surface area contributed by atoms with Crippen LogP contribution < -0.4 is 5.32 Å². The lowest BCUT2D eigenvalue weighted by Gasteiger charge is -2.19. The Bertz CT molecular complexity index is 910. The minimum Gasteiger partial charge on any atom is -0.310 e.